The number of carbonyl (C=O) groups excluding carboxylic acids is 1. The summed E-state index contributed by atoms with van der Waals surface area (Å²) in [5, 5.41) is 13.8. The highest BCUT2D eigenvalue weighted by Gasteiger charge is 2.23. The SMILES string of the molecule is O=C(NC(CN1CCOCC1)c1ccccc1)c1ccc(-c2cc(Cl)ccc2-c2nc3ccccc3[nH]2)c(C(=O)O)c1. The molecule has 9 heteroatoms. The van der Waals surface area contributed by atoms with Crippen molar-refractivity contribution < 1.29 is 19.4 Å². The molecule has 0 aliphatic carbocycles. The van der Waals surface area contributed by atoms with Gasteiger partial charge in [0.25, 0.3) is 5.91 Å². The van der Waals surface area contributed by atoms with Crippen molar-refractivity contribution in [2.24, 2.45) is 0 Å². The van der Waals surface area contributed by atoms with E-state index in [2.05, 4.69) is 15.2 Å². The third kappa shape index (κ3) is 5.92. The highest BCUT2D eigenvalue weighted by Crippen LogP contribution is 2.36. The monoisotopic (exact) mass is 580 g/mol. The van der Waals surface area contributed by atoms with Gasteiger partial charge >= 0.3 is 5.97 Å². The summed E-state index contributed by atoms with van der Waals surface area (Å²) >= 11 is 6.39. The Balaban J connectivity index is 1.34. The number of aromatic nitrogens is 2. The van der Waals surface area contributed by atoms with Gasteiger partial charge in [0.2, 0.25) is 0 Å². The smallest absolute Gasteiger partial charge is 0.336 e. The molecular formula is C33H29ClN4O4. The molecule has 6 rings (SSSR count). The number of benzene rings is 4. The second kappa shape index (κ2) is 12.2. The fourth-order valence-corrected chi connectivity index (χ4v) is 5.50. The minimum atomic E-state index is -1.15. The number of rotatable bonds is 8. The number of morpholine rings is 1. The number of para-hydroxylation sites is 2. The molecule has 42 heavy (non-hydrogen) atoms. The Bertz CT molecular complexity index is 1720. The Hall–Kier alpha value is -4.50. The normalized spacial score (nSPS) is 14.5. The van der Waals surface area contributed by atoms with Crippen molar-refractivity contribution in [1.82, 2.24) is 20.2 Å². The number of hydrogen-bond acceptors (Lipinski definition) is 5. The maximum absolute atomic E-state index is 13.6. The van der Waals surface area contributed by atoms with E-state index in [1.807, 2.05) is 60.7 Å². The lowest BCUT2D eigenvalue weighted by molar-refractivity contribution is 0.0332. The topological polar surface area (TPSA) is 108 Å². The average Bonchev–Trinajstić information content (AvgIpc) is 3.45. The number of aromatic carboxylic acids is 1. The molecule has 4 aromatic carbocycles. The van der Waals surface area contributed by atoms with Crippen LogP contribution < -0.4 is 5.32 Å². The number of carbonyl (C=O) groups is 2. The Morgan fingerprint density at radius 2 is 1.67 bits per heavy atom. The van der Waals surface area contributed by atoms with E-state index in [-0.39, 0.29) is 23.1 Å². The van der Waals surface area contributed by atoms with Crippen molar-refractivity contribution in [3.63, 3.8) is 0 Å². The highest BCUT2D eigenvalue weighted by atomic mass is 35.5. The molecule has 1 aliphatic heterocycles. The molecule has 0 radical (unpaired) electrons. The second-order valence-corrected chi connectivity index (χ2v) is 10.6. The van der Waals surface area contributed by atoms with E-state index < -0.39 is 5.97 Å². The van der Waals surface area contributed by atoms with E-state index in [0.29, 0.717) is 47.3 Å². The van der Waals surface area contributed by atoms with E-state index in [1.165, 1.54) is 6.07 Å². The Labute approximate surface area is 247 Å². The first-order chi connectivity index (χ1) is 20.5. The summed E-state index contributed by atoms with van der Waals surface area (Å²) in [6, 6.07) is 27.2. The molecule has 1 aromatic heterocycles. The van der Waals surface area contributed by atoms with Gasteiger partial charge < -0.3 is 20.1 Å². The molecule has 0 bridgehead atoms. The molecule has 0 saturated carbocycles. The van der Waals surface area contributed by atoms with Crippen molar-refractivity contribution in [3.05, 3.63) is 113 Å². The fraction of sp³-hybridized carbons (Fsp3) is 0.182. The van der Waals surface area contributed by atoms with E-state index in [4.69, 9.17) is 21.3 Å². The number of fused-ring (bicyclic) bond motifs is 1. The van der Waals surface area contributed by atoms with Crippen LogP contribution in [0.15, 0.2) is 91.0 Å². The zero-order chi connectivity index (χ0) is 29.1. The Morgan fingerprint density at radius 3 is 2.43 bits per heavy atom. The summed E-state index contributed by atoms with van der Waals surface area (Å²) in [7, 11) is 0. The van der Waals surface area contributed by atoms with Gasteiger partial charge in [-0.2, -0.15) is 0 Å². The molecule has 8 nitrogen and oxygen atoms in total. The molecule has 1 aliphatic rings. The van der Waals surface area contributed by atoms with Crippen molar-refractivity contribution in [2.75, 3.05) is 32.8 Å². The third-order valence-electron chi connectivity index (χ3n) is 7.48. The first kappa shape index (κ1) is 27.7. The minimum absolute atomic E-state index is 0.00767. The molecular weight excluding hydrogens is 552 g/mol. The van der Waals surface area contributed by atoms with Crippen LogP contribution in [-0.4, -0.2) is 64.7 Å². The number of carboxylic acid groups (broad SMARTS) is 1. The van der Waals surface area contributed by atoms with Gasteiger partial charge in [-0.05, 0) is 59.2 Å². The minimum Gasteiger partial charge on any atom is -0.478 e. The van der Waals surface area contributed by atoms with E-state index in [9.17, 15) is 14.7 Å². The summed E-state index contributed by atoms with van der Waals surface area (Å²) in [5.41, 5.74) is 4.61. The lowest BCUT2D eigenvalue weighted by Gasteiger charge is -2.31. The number of ether oxygens (including phenoxy) is 1. The highest BCUT2D eigenvalue weighted by molar-refractivity contribution is 6.31. The van der Waals surface area contributed by atoms with Crippen LogP contribution in [-0.2, 0) is 4.74 Å². The maximum atomic E-state index is 13.6. The van der Waals surface area contributed by atoms with Gasteiger partial charge in [0.15, 0.2) is 0 Å². The lowest BCUT2D eigenvalue weighted by atomic mass is 9.93. The molecule has 5 aromatic rings. The van der Waals surface area contributed by atoms with Gasteiger partial charge in [-0.1, -0.05) is 60.1 Å². The van der Waals surface area contributed by atoms with Crippen LogP contribution in [0.3, 0.4) is 0 Å². The molecule has 1 atom stereocenters. The van der Waals surface area contributed by atoms with Gasteiger partial charge in [0.05, 0.1) is 35.9 Å². The number of nitrogens with one attached hydrogen (secondary N) is 2. The second-order valence-electron chi connectivity index (χ2n) is 10.2. The number of hydrogen-bond donors (Lipinski definition) is 3. The first-order valence-corrected chi connectivity index (χ1v) is 14.1. The number of carboxylic acids is 1. The molecule has 1 amide bonds. The summed E-state index contributed by atoms with van der Waals surface area (Å²) in [4.78, 5) is 36.4. The number of nitrogens with zero attached hydrogens (tertiary/aromatic N) is 2. The molecule has 2 heterocycles. The molecule has 1 fully saturated rings. The summed E-state index contributed by atoms with van der Waals surface area (Å²) in [5.74, 6) is -0.910. The van der Waals surface area contributed by atoms with Gasteiger partial charge in [0, 0.05) is 35.8 Å². The van der Waals surface area contributed by atoms with Crippen LogP contribution in [0.4, 0.5) is 0 Å². The molecule has 3 N–H and O–H groups in total. The number of aromatic amines is 1. The molecule has 0 spiro atoms. The van der Waals surface area contributed by atoms with Crippen LogP contribution in [0.1, 0.15) is 32.3 Å². The summed E-state index contributed by atoms with van der Waals surface area (Å²) in [6.07, 6.45) is 0. The predicted molar refractivity (Wildman–Crippen MR) is 163 cm³/mol. The zero-order valence-corrected chi connectivity index (χ0v) is 23.5. The van der Waals surface area contributed by atoms with Crippen LogP contribution in [0.5, 0.6) is 0 Å². The quantitative estimate of drug-likeness (QED) is 0.206. The van der Waals surface area contributed by atoms with Gasteiger partial charge in [0.1, 0.15) is 5.82 Å². The van der Waals surface area contributed by atoms with Crippen molar-refractivity contribution >= 4 is 34.5 Å². The number of H-pyrrole nitrogens is 1. The first-order valence-electron chi connectivity index (χ1n) is 13.7. The van der Waals surface area contributed by atoms with E-state index >= 15 is 0 Å². The molecule has 1 saturated heterocycles. The van der Waals surface area contributed by atoms with Gasteiger partial charge in [-0.25, -0.2) is 9.78 Å². The van der Waals surface area contributed by atoms with E-state index in [1.54, 1.807) is 24.3 Å². The fourth-order valence-electron chi connectivity index (χ4n) is 5.33. The van der Waals surface area contributed by atoms with Gasteiger partial charge in [-0.3, -0.25) is 9.69 Å². The molecule has 212 valence electrons. The van der Waals surface area contributed by atoms with Crippen LogP contribution in [0.25, 0.3) is 33.5 Å². The summed E-state index contributed by atoms with van der Waals surface area (Å²) < 4.78 is 5.48. The van der Waals surface area contributed by atoms with Crippen molar-refractivity contribution in [2.45, 2.75) is 6.04 Å². The van der Waals surface area contributed by atoms with Crippen LogP contribution in [0.2, 0.25) is 5.02 Å². The van der Waals surface area contributed by atoms with Crippen LogP contribution >= 0.6 is 11.6 Å². The molecule has 1 unspecified atom stereocenters. The standard InChI is InChI=1S/C33H29ClN4O4/c34-23-11-13-25(31-35-28-8-4-5-9-29(28)36-31)26(19-23)24-12-10-22(18-27(24)33(40)41)32(39)37-30(21-6-2-1-3-7-21)20-38-14-16-42-17-15-38/h1-13,18-19,30H,14-17,20H2,(H,35,36)(H,37,39)(H,40,41). The Morgan fingerprint density at radius 1 is 0.929 bits per heavy atom. The average molecular weight is 581 g/mol. The van der Waals surface area contributed by atoms with Crippen LogP contribution in [0, 0.1) is 0 Å². The summed E-state index contributed by atoms with van der Waals surface area (Å²) in [6.45, 7) is 3.48. The Kier molecular flexibility index (Phi) is 8.01. The largest absolute Gasteiger partial charge is 0.478 e. The number of amides is 1. The number of halogens is 1. The zero-order valence-electron chi connectivity index (χ0n) is 22.7. The van der Waals surface area contributed by atoms with Gasteiger partial charge in [-0.15, -0.1) is 0 Å². The van der Waals surface area contributed by atoms with E-state index in [0.717, 1.165) is 29.7 Å². The third-order valence-corrected chi connectivity index (χ3v) is 7.72. The number of imidazole rings is 1. The van der Waals surface area contributed by atoms with Crippen molar-refractivity contribution in [3.8, 4) is 22.5 Å². The van der Waals surface area contributed by atoms with Crippen molar-refractivity contribution in [1.29, 1.82) is 0 Å². The maximum Gasteiger partial charge on any atom is 0.336 e. The lowest BCUT2D eigenvalue weighted by Crippen LogP contribution is -2.43. The predicted octanol–water partition coefficient (Wildman–Crippen LogP) is 6.05.